The molecule has 0 unspecified atom stereocenters. The highest BCUT2D eigenvalue weighted by atomic mass is 32.2. The van der Waals surface area contributed by atoms with Crippen LogP contribution in [0.4, 0.5) is 11.4 Å². The first-order chi connectivity index (χ1) is 14.5. The Balaban J connectivity index is 1.63. The molecule has 1 aliphatic rings. The van der Waals surface area contributed by atoms with Crippen LogP contribution in [0.5, 0.6) is 5.75 Å². The molecule has 1 heterocycles. The summed E-state index contributed by atoms with van der Waals surface area (Å²) in [5.41, 5.74) is 1.58. The Bertz CT molecular complexity index is 953. The lowest BCUT2D eigenvalue weighted by Crippen LogP contribution is -2.48. The summed E-state index contributed by atoms with van der Waals surface area (Å²) in [5, 5.41) is 2.80. The van der Waals surface area contributed by atoms with E-state index in [2.05, 4.69) is 10.2 Å². The summed E-state index contributed by atoms with van der Waals surface area (Å²) in [6.07, 6.45) is 2.25. The first-order valence-electron chi connectivity index (χ1n) is 10.2. The van der Waals surface area contributed by atoms with E-state index in [-0.39, 0.29) is 10.8 Å². The monoisotopic (exact) mass is 431 g/mol. The highest BCUT2D eigenvalue weighted by Crippen LogP contribution is 2.29. The summed E-state index contributed by atoms with van der Waals surface area (Å²) in [4.78, 5) is 14.2. The zero-order valence-electron chi connectivity index (χ0n) is 17.5. The number of nitrogens with one attached hydrogen (secondary N) is 1. The molecule has 3 rings (SSSR count). The van der Waals surface area contributed by atoms with E-state index in [1.54, 1.807) is 31.4 Å². The van der Waals surface area contributed by atoms with Gasteiger partial charge in [0.2, 0.25) is 15.9 Å². The van der Waals surface area contributed by atoms with Gasteiger partial charge in [-0.3, -0.25) is 4.79 Å². The highest BCUT2D eigenvalue weighted by Gasteiger charge is 2.29. The molecule has 0 spiro atoms. The van der Waals surface area contributed by atoms with Gasteiger partial charge in [0, 0.05) is 38.3 Å². The van der Waals surface area contributed by atoms with E-state index in [0.29, 0.717) is 38.3 Å². The quantitative estimate of drug-likeness (QED) is 0.694. The van der Waals surface area contributed by atoms with Crippen molar-refractivity contribution in [2.45, 2.75) is 31.1 Å². The van der Waals surface area contributed by atoms with Gasteiger partial charge >= 0.3 is 0 Å². The number of carbonyl (C=O) groups is 1. The number of unbranched alkanes of at least 4 members (excludes halogenated alkanes) is 1. The van der Waals surface area contributed by atoms with Crippen molar-refractivity contribution in [1.82, 2.24) is 4.31 Å². The molecule has 1 saturated heterocycles. The maximum atomic E-state index is 13.0. The molecule has 7 nitrogen and oxygen atoms in total. The fourth-order valence-electron chi connectivity index (χ4n) is 3.48. The second-order valence-electron chi connectivity index (χ2n) is 7.24. The van der Waals surface area contributed by atoms with Gasteiger partial charge in [0.1, 0.15) is 5.75 Å². The summed E-state index contributed by atoms with van der Waals surface area (Å²) in [6, 6.07) is 14.1. The third-order valence-electron chi connectivity index (χ3n) is 5.20. The zero-order chi connectivity index (χ0) is 21.6. The molecule has 1 aliphatic heterocycles. The van der Waals surface area contributed by atoms with Crippen molar-refractivity contribution in [2.75, 3.05) is 43.5 Å². The first kappa shape index (κ1) is 22.1. The Labute approximate surface area is 178 Å². The van der Waals surface area contributed by atoms with Crippen LogP contribution >= 0.6 is 0 Å². The van der Waals surface area contributed by atoms with E-state index in [0.717, 1.165) is 24.3 Å². The van der Waals surface area contributed by atoms with Crippen molar-refractivity contribution >= 4 is 27.3 Å². The maximum absolute atomic E-state index is 13.0. The molecule has 1 N–H and O–H groups in total. The maximum Gasteiger partial charge on any atom is 0.243 e. The minimum Gasteiger partial charge on any atom is -0.495 e. The van der Waals surface area contributed by atoms with Crippen molar-refractivity contribution < 1.29 is 17.9 Å². The average Bonchev–Trinajstić information content (AvgIpc) is 2.78. The highest BCUT2D eigenvalue weighted by molar-refractivity contribution is 7.89. The van der Waals surface area contributed by atoms with Crippen molar-refractivity contribution in [3.05, 3.63) is 48.5 Å². The Morgan fingerprint density at radius 2 is 1.70 bits per heavy atom. The smallest absolute Gasteiger partial charge is 0.243 e. The molecular weight excluding hydrogens is 402 g/mol. The number of sulfonamides is 1. The summed E-state index contributed by atoms with van der Waals surface area (Å²) < 4.78 is 33.0. The molecule has 1 amide bonds. The minimum absolute atomic E-state index is 0.0556. The molecule has 2 aromatic rings. The van der Waals surface area contributed by atoms with Crippen molar-refractivity contribution in [2.24, 2.45) is 0 Å². The topological polar surface area (TPSA) is 79.0 Å². The van der Waals surface area contributed by atoms with E-state index in [9.17, 15) is 13.2 Å². The SMILES string of the molecule is CCCCC(=O)Nc1ccc(S(=O)(=O)N2CCN(c3ccccc3OC)CC2)cc1. The number of piperazine rings is 1. The van der Waals surface area contributed by atoms with Crippen LogP contribution in [0, 0.1) is 0 Å². The normalized spacial score (nSPS) is 15.1. The Morgan fingerprint density at radius 3 is 2.33 bits per heavy atom. The van der Waals surface area contributed by atoms with E-state index < -0.39 is 10.0 Å². The zero-order valence-corrected chi connectivity index (χ0v) is 18.3. The van der Waals surface area contributed by atoms with Crippen molar-refractivity contribution in [1.29, 1.82) is 0 Å². The number of methoxy groups -OCH3 is 1. The predicted molar refractivity (Wildman–Crippen MR) is 119 cm³/mol. The summed E-state index contributed by atoms with van der Waals surface area (Å²) in [7, 11) is -1.95. The number of anilines is 2. The number of carbonyl (C=O) groups excluding carboxylic acids is 1. The molecule has 30 heavy (non-hydrogen) atoms. The Morgan fingerprint density at radius 1 is 1.03 bits per heavy atom. The molecule has 0 aliphatic carbocycles. The molecule has 0 saturated carbocycles. The fourth-order valence-corrected chi connectivity index (χ4v) is 4.90. The van der Waals surface area contributed by atoms with Crippen LogP contribution in [-0.4, -0.2) is 51.9 Å². The number of ether oxygens (including phenoxy) is 1. The van der Waals surface area contributed by atoms with E-state index in [1.807, 2.05) is 31.2 Å². The number of benzene rings is 2. The molecule has 8 heteroatoms. The van der Waals surface area contributed by atoms with Gasteiger partial charge in [-0.2, -0.15) is 4.31 Å². The lowest BCUT2D eigenvalue weighted by molar-refractivity contribution is -0.116. The molecule has 1 fully saturated rings. The number of hydrogen-bond acceptors (Lipinski definition) is 5. The molecule has 0 radical (unpaired) electrons. The molecule has 0 aromatic heterocycles. The largest absolute Gasteiger partial charge is 0.495 e. The summed E-state index contributed by atoms with van der Waals surface area (Å²) in [5.74, 6) is 0.727. The third-order valence-corrected chi connectivity index (χ3v) is 7.11. The predicted octanol–water partition coefficient (Wildman–Crippen LogP) is 3.33. The molecule has 0 bridgehead atoms. The minimum atomic E-state index is -3.58. The van der Waals surface area contributed by atoms with Gasteiger partial charge < -0.3 is 15.0 Å². The first-order valence-corrected chi connectivity index (χ1v) is 11.7. The van der Waals surface area contributed by atoms with Crippen LogP contribution in [-0.2, 0) is 14.8 Å². The van der Waals surface area contributed by atoms with Gasteiger partial charge in [0.05, 0.1) is 17.7 Å². The summed E-state index contributed by atoms with van der Waals surface area (Å²) in [6.45, 7) is 4.01. The standard InChI is InChI=1S/C22H29N3O4S/c1-3-4-9-22(26)23-18-10-12-19(13-11-18)30(27,28)25-16-14-24(15-17-25)20-7-5-6-8-21(20)29-2/h5-8,10-13H,3-4,9,14-17H2,1-2H3,(H,23,26). The lowest BCUT2D eigenvalue weighted by atomic mass is 10.2. The molecule has 162 valence electrons. The third kappa shape index (κ3) is 5.12. The number of rotatable bonds is 8. The molecule has 0 atom stereocenters. The number of nitrogens with zero attached hydrogens (tertiary/aromatic N) is 2. The van der Waals surface area contributed by atoms with Crippen molar-refractivity contribution in [3.63, 3.8) is 0 Å². The van der Waals surface area contributed by atoms with Gasteiger partial charge in [0.25, 0.3) is 0 Å². The summed E-state index contributed by atoms with van der Waals surface area (Å²) >= 11 is 0. The lowest BCUT2D eigenvalue weighted by Gasteiger charge is -2.35. The van der Waals surface area contributed by atoms with Gasteiger partial charge in [0.15, 0.2) is 0 Å². The van der Waals surface area contributed by atoms with E-state index >= 15 is 0 Å². The van der Waals surface area contributed by atoms with Crippen molar-refractivity contribution in [3.8, 4) is 5.75 Å². The van der Waals surface area contributed by atoms with Crippen LogP contribution in [0.3, 0.4) is 0 Å². The van der Waals surface area contributed by atoms with Crippen LogP contribution in [0.2, 0.25) is 0 Å². The second-order valence-corrected chi connectivity index (χ2v) is 9.18. The van der Waals surface area contributed by atoms with Gasteiger partial charge in [-0.05, 0) is 42.8 Å². The Kier molecular flexibility index (Phi) is 7.33. The van der Waals surface area contributed by atoms with Crippen LogP contribution < -0.4 is 15.0 Å². The average molecular weight is 432 g/mol. The second kappa shape index (κ2) is 9.95. The van der Waals surface area contributed by atoms with Gasteiger partial charge in [-0.25, -0.2) is 8.42 Å². The van der Waals surface area contributed by atoms with E-state index in [4.69, 9.17) is 4.74 Å². The number of amides is 1. The van der Waals surface area contributed by atoms with Gasteiger partial charge in [-0.1, -0.05) is 25.5 Å². The van der Waals surface area contributed by atoms with E-state index in [1.165, 1.54) is 4.31 Å². The van der Waals surface area contributed by atoms with Crippen LogP contribution in [0.1, 0.15) is 26.2 Å². The number of hydrogen-bond donors (Lipinski definition) is 1. The fraction of sp³-hybridized carbons (Fsp3) is 0.409. The molecule has 2 aromatic carbocycles. The van der Waals surface area contributed by atoms with Crippen LogP contribution in [0.15, 0.2) is 53.4 Å². The number of para-hydroxylation sites is 2. The van der Waals surface area contributed by atoms with Crippen LogP contribution in [0.25, 0.3) is 0 Å². The Hall–Kier alpha value is -2.58. The van der Waals surface area contributed by atoms with Gasteiger partial charge in [-0.15, -0.1) is 0 Å². The molecular formula is C22H29N3O4S.